The lowest BCUT2D eigenvalue weighted by Crippen LogP contribution is -2.26. The minimum absolute atomic E-state index is 0.201. The minimum atomic E-state index is -0.201. The Morgan fingerprint density at radius 2 is 1.74 bits per heavy atom. The van der Waals surface area contributed by atoms with Gasteiger partial charge in [0.2, 0.25) is 0 Å². The first-order chi connectivity index (χ1) is 9.31. The van der Waals surface area contributed by atoms with Crippen molar-refractivity contribution < 1.29 is 4.79 Å². The molecule has 1 amide bonds. The third kappa shape index (κ3) is 3.43. The Hall–Kier alpha value is -2.60. The quantitative estimate of drug-likeness (QED) is 0.906. The molecule has 0 saturated heterocycles. The van der Waals surface area contributed by atoms with Gasteiger partial charge in [-0.2, -0.15) is 5.26 Å². The number of nitrogens with zero attached hydrogens (tertiary/aromatic N) is 1. The van der Waals surface area contributed by atoms with Crippen molar-refractivity contribution in [1.29, 1.82) is 5.26 Å². The van der Waals surface area contributed by atoms with Crippen molar-refractivity contribution in [2.45, 2.75) is 6.42 Å². The van der Waals surface area contributed by atoms with Crippen molar-refractivity contribution >= 4 is 5.91 Å². The molecule has 0 aromatic heterocycles. The number of rotatable bonds is 4. The van der Waals surface area contributed by atoms with Gasteiger partial charge in [0, 0.05) is 6.54 Å². The summed E-state index contributed by atoms with van der Waals surface area (Å²) in [6, 6.07) is 18.8. The van der Waals surface area contributed by atoms with Gasteiger partial charge in [-0.1, -0.05) is 42.5 Å². The molecule has 0 heterocycles. The van der Waals surface area contributed by atoms with Gasteiger partial charge in [0.1, 0.15) is 0 Å². The number of nitrogens with one attached hydrogen (secondary N) is 1. The van der Waals surface area contributed by atoms with Gasteiger partial charge in [0.25, 0.3) is 5.91 Å². The van der Waals surface area contributed by atoms with Crippen molar-refractivity contribution in [2.75, 3.05) is 6.54 Å². The van der Waals surface area contributed by atoms with Crippen LogP contribution in [0.3, 0.4) is 0 Å². The van der Waals surface area contributed by atoms with E-state index in [1.54, 1.807) is 24.3 Å². The fourth-order valence-corrected chi connectivity index (χ4v) is 1.84. The Kier molecular flexibility index (Phi) is 4.30. The number of benzene rings is 2. The third-order valence-electron chi connectivity index (χ3n) is 2.83. The summed E-state index contributed by atoms with van der Waals surface area (Å²) in [7, 11) is 0. The van der Waals surface area contributed by atoms with Crippen LogP contribution in [0.2, 0.25) is 0 Å². The molecule has 0 fully saturated rings. The predicted octanol–water partition coefficient (Wildman–Crippen LogP) is 2.53. The number of hydrogen-bond donors (Lipinski definition) is 1. The lowest BCUT2D eigenvalue weighted by molar-refractivity contribution is 0.0954. The smallest absolute Gasteiger partial charge is 0.252 e. The Morgan fingerprint density at radius 3 is 2.47 bits per heavy atom. The topological polar surface area (TPSA) is 52.9 Å². The Balaban J connectivity index is 1.93. The van der Waals surface area contributed by atoms with E-state index in [2.05, 4.69) is 5.32 Å². The molecule has 19 heavy (non-hydrogen) atoms. The summed E-state index contributed by atoms with van der Waals surface area (Å²) in [6.45, 7) is 0.558. The van der Waals surface area contributed by atoms with Crippen LogP contribution in [-0.2, 0) is 6.42 Å². The number of nitriles is 1. The van der Waals surface area contributed by atoms with Crippen LogP contribution in [0, 0.1) is 11.3 Å². The standard InChI is InChI=1S/C16H14N2O/c17-12-14-8-4-5-9-15(14)16(19)18-11-10-13-6-2-1-3-7-13/h1-9H,10-11H2,(H,18,19). The molecule has 2 rings (SSSR count). The highest BCUT2D eigenvalue weighted by atomic mass is 16.1. The van der Waals surface area contributed by atoms with E-state index in [-0.39, 0.29) is 5.91 Å². The maximum Gasteiger partial charge on any atom is 0.252 e. The molecule has 0 saturated carbocycles. The SMILES string of the molecule is N#Cc1ccccc1C(=O)NCCc1ccccc1. The van der Waals surface area contributed by atoms with E-state index in [9.17, 15) is 4.79 Å². The molecule has 0 radical (unpaired) electrons. The molecule has 2 aromatic rings. The van der Waals surface area contributed by atoms with Gasteiger partial charge in [-0.25, -0.2) is 0 Å². The fourth-order valence-electron chi connectivity index (χ4n) is 1.84. The summed E-state index contributed by atoms with van der Waals surface area (Å²) >= 11 is 0. The highest BCUT2D eigenvalue weighted by Gasteiger charge is 2.09. The van der Waals surface area contributed by atoms with Gasteiger partial charge >= 0.3 is 0 Å². The zero-order chi connectivity index (χ0) is 13.5. The van der Waals surface area contributed by atoms with Crippen molar-refractivity contribution in [3.63, 3.8) is 0 Å². The number of hydrogen-bond acceptors (Lipinski definition) is 2. The zero-order valence-electron chi connectivity index (χ0n) is 10.5. The molecule has 0 unspecified atom stereocenters. The van der Waals surface area contributed by atoms with Crippen molar-refractivity contribution in [3.8, 4) is 6.07 Å². The lowest BCUT2D eigenvalue weighted by atomic mass is 10.1. The first-order valence-electron chi connectivity index (χ1n) is 6.12. The molecule has 94 valence electrons. The molecule has 0 bridgehead atoms. The van der Waals surface area contributed by atoms with Gasteiger partial charge in [-0.05, 0) is 24.1 Å². The average Bonchev–Trinajstić information content (AvgIpc) is 2.48. The van der Waals surface area contributed by atoms with E-state index >= 15 is 0 Å². The van der Waals surface area contributed by atoms with Crippen LogP contribution in [-0.4, -0.2) is 12.5 Å². The Morgan fingerprint density at radius 1 is 1.05 bits per heavy atom. The average molecular weight is 250 g/mol. The van der Waals surface area contributed by atoms with Crippen LogP contribution in [0.15, 0.2) is 54.6 Å². The number of amides is 1. The van der Waals surface area contributed by atoms with Crippen LogP contribution < -0.4 is 5.32 Å². The maximum absolute atomic E-state index is 12.0. The summed E-state index contributed by atoms with van der Waals surface area (Å²) in [4.78, 5) is 12.0. The maximum atomic E-state index is 12.0. The molecule has 3 heteroatoms. The first kappa shape index (κ1) is 12.8. The summed E-state index contributed by atoms with van der Waals surface area (Å²) in [5.74, 6) is -0.201. The van der Waals surface area contributed by atoms with Crippen molar-refractivity contribution in [1.82, 2.24) is 5.32 Å². The summed E-state index contributed by atoms with van der Waals surface area (Å²) in [5.41, 5.74) is 2.01. The highest BCUT2D eigenvalue weighted by Crippen LogP contribution is 2.07. The summed E-state index contributed by atoms with van der Waals surface area (Å²) < 4.78 is 0. The van der Waals surface area contributed by atoms with Crippen LogP contribution >= 0.6 is 0 Å². The molecule has 2 aromatic carbocycles. The second-order valence-corrected chi connectivity index (χ2v) is 4.15. The second kappa shape index (κ2) is 6.36. The molecule has 0 atom stereocenters. The third-order valence-corrected chi connectivity index (χ3v) is 2.83. The molecular weight excluding hydrogens is 236 g/mol. The van der Waals surface area contributed by atoms with Crippen molar-refractivity contribution in [2.24, 2.45) is 0 Å². The molecule has 3 nitrogen and oxygen atoms in total. The molecule has 0 aliphatic carbocycles. The molecule has 0 aliphatic heterocycles. The van der Waals surface area contributed by atoms with E-state index in [1.165, 1.54) is 5.56 Å². The molecular formula is C16H14N2O. The van der Waals surface area contributed by atoms with Gasteiger partial charge in [0.05, 0.1) is 17.2 Å². The zero-order valence-corrected chi connectivity index (χ0v) is 10.5. The van der Waals surface area contributed by atoms with E-state index in [0.717, 1.165) is 6.42 Å². The largest absolute Gasteiger partial charge is 0.352 e. The lowest BCUT2D eigenvalue weighted by Gasteiger charge is -2.06. The van der Waals surface area contributed by atoms with Gasteiger partial charge in [0.15, 0.2) is 0 Å². The van der Waals surface area contributed by atoms with Crippen LogP contribution in [0.1, 0.15) is 21.5 Å². The van der Waals surface area contributed by atoms with E-state index in [4.69, 9.17) is 5.26 Å². The number of carbonyl (C=O) groups excluding carboxylic acids is 1. The second-order valence-electron chi connectivity index (χ2n) is 4.15. The van der Waals surface area contributed by atoms with Gasteiger partial charge < -0.3 is 5.32 Å². The van der Waals surface area contributed by atoms with E-state index < -0.39 is 0 Å². The van der Waals surface area contributed by atoms with Gasteiger partial charge in [-0.15, -0.1) is 0 Å². The van der Waals surface area contributed by atoms with Gasteiger partial charge in [-0.3, -0.25) is 4.79 Å². The Labute approximate surface area is 112 Å². The Bertz CT molecular complexity index is 600. The first-order valence-corrected chi connectivity index (χ1v) is 6.12. The molecule has 0 aliphatic rings. The van der Waals surface area contributed by atoms with Crippen molar-refractivity contribution in [3.05, 3.63) is 71.3 Å². The highest BCUT2D eigenvalue weighted by molar-refractivity contribution is 5.96. The summed E-state index contributed by atoms with van der Waals surface area (Å²) in [6.07, 6.45) is 0.779. The molecule has 1 N–H and O–H groups in total. The minimum Gasteiger partial charge on any atom is -0.352 e. The normalized spacial score (nSPS) is 9.63. The van der Waals surface area contributed by atoms with Crippen LogP contribution in [0.4, 0.5) is 0 Å². The molecule has 0 spiro atoms. The summed E-state index contributed by atoms with van der Waals surface area (Å²) in [5, 5.41) is 11.8. The monoisotopic (exact) mass is 250 g/mol. The van der Waals surface area contributed by atoms with E-state index in [0.29, 0.717) is 17.7 Å². The van der Waals surface area contributed by atoms with E-state index in [1.807, 2.05) is 36.4 Å². The van der Waals surface area contributed by atoms with Crippen LogP contribution in [0.25, 0.3) is 0 Å². The fraction of sp³-hybridized carbons (Fsp3) is 0.125. The number of carbonyl (C=O) groups is 1. The van der Waals surface area contributed by atoms with Crippen LogP contribution in [0.5, 0.6) is 0 Å². The predicted molar refractivity (Wildman–Crippen MR) is 73.6 cm³/mol.